The molecule has 0 aliphatic rings. The quantitative estimate of drug-likeness (QED) is 0.157. The van der Waals surface area contributed by atoms with Crippen LogP contribution in [0.25, 0.3) is 21.9 Å². The minimum atomic E-state index is -0.521. The van der Waals surface area contributed by atoms with E-state index in [1.54, 1.807) is 0 Å². The van der Waals surface area contributed by atoms with E-state index in [1.165, 1.54) is 49.7 Å². The highest BCUT2D eigenvalue weighted by molar-refractivity contribution is 5.98. The number of fused-ring (bicyclic) bond motifs is 1. The third kappa shape index (κ3) is 16.4. The molecule has 1 atom stereocenters. The van der Waals surface area contributed by atoms with Crippen molar-refractivity contribution < 1.29 is 14.6 Å². The Bertz CT molecular complexity index is 3250. The first-order valence-electron chi connectivity index (χ1n) is 25.2. The van der Waals surface area contributed by atoms with E-state index in [0.717, 1.165) is 39.7 Å². The van der Waals surface area contributed by atoms with E-state index in [4.69, 9.17) is 9.47 Å². The zero-order valence-corrected chi connectivity index (χ0v) is 43.1. The summed E-state index contributed by atoms with van der Waals surface area (Å²) in [6, 6.07) is 98.0. The first-order valence-corrected chi connectivity index (χ1v) is 25.2. The van der Waals surface area contributed by atoms with Crippen molar-refractivity contribution in [2.24, 2.45) is 0 Å². The van der Waals surface area contributed by atoms with E-state index in [-0.39, 0.29) is 0 Å². The maximum atomic E-state index is 10.1. The zero-order valence-electron chi connectivity index (χ0n) is 43.1. The molecule has 3 heteroatoms. The number of hydrogen-bond donors (Lipinski definition) is 1. The SMILES string of the molecule is CC(c1ccccc1)c1ccccc1.Cc1ccc(C(O)c2ccccc2)cc1.Cc1ccc(Oc2ccccc2)cc1.Cc1cccc2c(-c3ccccc3)cccc12.Cc1ccccc1Oc1ccccc1. The molecule has 0 amide bonds. The van der Waals surface area contributed by atoms with Gasteiger partial charge in [0.15, 0.2) is 0 Å². The lowest BCUT2D eigenvalue weighted by Gasteiger charge is -2.11. The van der Waals surface area contributed by atoms with Crippen LogP contribution in [0.4, 0.5) is 0 Å². The molecule has 0 saturated heterocycles. The monoisotopic (exact) mass is 967 g/mol. The normalized spacial score (nSPS) is 10.6. The van der Waals surface area contributed by atoms with Gasteiger partial charge in [-0.1, -0.05) is 267 Å². The van der Waals surface area contributed by atoms with Gasteiger partial charge in [0.25, 0.3) is 0 Å². The topological polar surface area (TPSA) is 38.7 Å². The van der Waals surface area contributed by atoms with Crippen LogP contribution in [0.1, 0.15) is 63.5 Å². The number of benzene rings is 11. The fourth-order valence-corrected chi connectivity index (χ4v) is 8.11. The first kappa shape index (κ1) is 53.0. The molecule has 0 bridgehead atoms. The average molecular weight is 967 g/mol. The van der Waals surface area contributed by atoms with Crippen LogP contribution < -0.4 is 9.47 Å². The molecule has 11 aromatic carbocycles. The predicted molar refractivity (Wildman–Crippen MR) is 312 cm³/mol. The Morgan fingerprint density at radius 2 is 0.676 bits per heavy atom. The second kappa shape index (κ2) is 28.3. The Balaban J connectivity index is 0.000000135. The molecule has 0 fully saturated rings. The molecule has 1 unspecified atom stereocenters. The van der Waals surface area contributed by atoms with Gasteiger partial charge in [0.1, 0.15) is 29.1 Å². The highest BCUT2D eigenvalue weighted by Gasteiger charge is 2.09. The summed E-state index contributed by atoms with van der Waals surface area (Å²) in [4.78, 5) is 0. The number of ether oxygens (including phenoxy) is 2. The number of aliphatic hydroxyl groups excluding tert-OH is 1. The Kier molecular flexibility index (Phi) is 20.3. The van der Waals surface area contributed by atoms with E-state index in [1.807, 2.05) is 178 Å². The second-order valence-electron chi connectivity index (χ2n) is 18.0. The summed E-state index contributed by atoms with van der Waals surface area (Å²) in [6.45, 7) is 10.5. The third-order valence-corrected chi connectivity index (χ3v) is 12.4. The summed E-state index contributed by atoms with van der Waals surface area (Å²) >= 11 is 0. The van der Waals surface area contributed by atoms with Crippen LogP contribution in [-0.2, 0) is 0 Å². The standard InChI is InChI=1S/C17H14.C14H14O.C14H14.2C13H12O/c1-13-7-5-12-17-15(13)10-6-11-16(17)14-8-3-2-4-9-14;1-11-7-9-13(10-8-11)14(15)12-5-3-2-4-6-12;1-12(13-8-4-2-5-9-13)14-10-6-3-7-11-14;1-11-7-5-6-10-13(11)14-12-8-3-2-4-9-12;1-11-7-9-13(10-8-11)14-12-5-3-2-4-6-12/h2-12H,1H3;2-10,14-15H,1H3;2-12H,1H3;2*2-10H,1H3. The van der Waals surface area contributed by atoms with Crippen molar-refractivity contribution in [2.75, 3.05) is 0 Å². The second-order valence-corrected chi connectivity index (χ2v) is 18.0. The van der Waals surface area contributed by atoms with Gasteiger partial charge in [-0.15, -0.1) is 0 Å². The van der Waals surface area contributed by atoms with Gasteiger partial charge in [0.05, 0.1) is 0 Å². The van der Waals surface area contributed by atoms with Gasteiger partial charge in [-0.25, -0.2) is 0 Å². The van der Waals surface area contributed by atoms with Crippen LogP contribution in [0.2, 0.25) is 0 Å². The summed E-state index contributed by atoms with van der Waals surface area (Å²) in [6.07, 6.45) is -0.521. The van der Waals surface area contributed by atoms with Gasteiger partial charge in [0.2, 0.25) is 0 Å². The molecule has 74 heavy (non-hydrogen) atoms. The molecule has 0 aromatic heterocycles. The van der Waals surface area contributed by atoms with Crippen molar-refractivity contribution in [1.29, 1.82) is 0 Å². The lowest BCUT2D eigenvalue weighted by Crippen LogP contribution is -1.98. The van der Waals surface area contributed by atoms with Crippen molar-refractivity contribution in [3.63, 3.8) is 0 Å². The largest absolute Gasteiger partial charge is 0.457 e. The van der Waals surface area contributed by atoms with Gasteiger partial charge in [-0.3, -0.25) is 0 Å². The van der Waals surface area contributed by atoms with Crippen molar-refractivity contribution >= 4 is 10.8 Å². The molecule has 3 nitrogen and oxygen atoms in total. The minimum Gasteiger partial charge on any atom is -0.457 e. The van der Waals surface area contributed by atoms with E-state index < -0.39 is 6.10 Å². The van der Waals surface area contributed by atoms with Gasteiger partial charge in [-0.05, 0) is 125 Å². The maximum absolute atomic E-state index is 10.1. The summed E-state index contributed by atoms with van der Waals surface area (Å²) < 4.78 is 11.3. The van der Waals surface area contributed by atoms with Crippen molar-refractivity contribution in [1.82, 2.24) is 0 Å². The Morgan fingerprint density at radius 3 is 1.20 bits per heavy atom. The highest BCUT2D eigenvalue weighted by atomic mass is 16.5. The number of hydrogen-bond acceptors (Lipinski definition) is 3. The molecule has 0 heterocycles. The van der Waals surface area contributed by atoms with Crippen LogP contribution >= 0.6 is 0 Å². The summed E-state index contributed by atoms with van der Waals surface area (Å²) in [5.41, 5.74) is 12.1. The van der Waals surface area contributed by atoms with Crippen LogP contribution in [0.3, 0.4) is 0 Å². The minimum absolute atomic E-state index is 0.484. The molecule has 0 spiro atoms. The number of aryl methyl sites for hydroxylation is 4. The van der Waals surface area contributed by atoms with E-state index >= 15 is 0 Å². The molecule has 0 radical (unpaired) electrons. The molecule has 368 valence electrons. The number of rotatable bonds is 9. The molecular formula is C71H66O3. The summed E-state index contributed by atoms with van der Waals surface area (Å²) in [5, 5.41) is 12.8. The van der Waals surface area contributed by atoms with Crippen LogP contribution in [0.15, 0.2) is 291 Å². The van der Waals surface area contributed by atoms with Crippen molar-refractivity contribution in [3.05, 3.63) is 336 Å². The van der Waals surface area contributed by atoms with Gasteiger partial charge in [-0.2, -0.15) is 0 Å². The van der Waals surface area contributed by atoms with E-state index in [9.17, 15) is 5.11 Å². The average Bonchev–Trinajstić information content (AvgIpc) is 3.46. The smallest absolute Gasteiger partial charge is 0.130 e. The Morgan fingerprint density at radius 1 is 0.297 bits per heavy atom. The molecule has 0 aliphatic carbocycles. The first-order chi connectivity index (χ1) is 36.2. The molecular weight excluding hydrogens is 901 g/mol. The van der Waals surface area contributed by atoms with Crippen LogP contribution in [-0.4, -0.2) is 5.11 Å². The molecule has 0 aliphatic heterocycles. The molecule has 0 saturated carbocycles. The highest BCUT2D eigenvalue weighted by Crippen LogP contribution is 2.30. The van der Waals surface area contributed by atoms with Crippen molar-refractivity contribution in [3.8, 4) is 34.1 Å². The lowest BCUT2D eigenvalue weighted by atomic mass is 9.93. The predicted octanol–water partition coefficient (Wildman–Crippen LogP) is 19.3. The summed E-state index contributed by atoms with van der Waals surface area (Å²) in [5.74, 6) is 4.02. The number of para-hydroxylation sites is 3. The van der Waals surface area contributed by atoms with E-state index in [0.29, 0.717) is 5.92 Å². The molecule has 11 aromatic rings. The lowest BCUT2D eigenvalue weighted by molar-refractivity contribution is 0.220. The number of aliphatic hydroxyl groups is 1. The third-order valence-electron chi connectivity index (χ3n) is 12.4. The van der Waals surface area contributed by atoms with Crippen molar-refractivity contribution in [2.45, 2.75) is 46.6 Å². The molecule has 1 N–H and O–H groups in total. The summed E-state index contributed by atoms with van der Waals surface area (Å²) in [7, 11) is 0. The fourth-order valence-electron chi connectivity index (χ4n) is 8.11. The van der Waals surface area contributed by atoms with Crippen LogP contribution in [0, 0.1) is 27.7 Å². The zero-order chi connectivity index (χ0) is 51.7. The Hall–Kier alpha value is -8.76. The van der Waals surface area contributed by atoms with Gasteiger partial charge >= 0.3 is 0 Å². The fraction of sp³-hybridized carbons (Fsp3) is 0.0986. The van der Waals surface area contributed by atoms with Crippen LogP contribution in [0.5, 0.6) is 23.0 Å². The molecule has 11 rings (SSSR count). The van der Waals surface area contributed by atoms with Gasteiger partial charge < -0.3 is 14.6 Å². The maximum Gasteiger partial charge on any atom is 0.130 e. The van der Waals surface area contributed by atoms with E-state index in [2.05, 4.69) is 148 Å². The van der Waals surface area contributed by atoms with Gasteiger partial charge in [0, 0.05) is 5.92 Å². The Labute approximate surface area is 439 Å².